The Labute approximate surface area is 116 Å². The van der Waals surface area contributed by atoms with Crippen molar-refractivity contribution >= 4 is 34.7 Å². The van der Waals surface area contributed by atoms with Crippen molar-refractivity contribution in [3.8, 4) is 0 Å². The van der Waals surface area contributed by atoms with Gasteiger partial charge in [-0.2, -0.15) is 0 Å². The van der Waals surface area contributed by atoms with E-state index in [0.29, 0.717) is 11.0 Å². The summed E-state index contributed by atoms with van der Waals surface area (Å²) in [4.78, 5) is 7.91. The number of rotatable bonds is 2. The highest BCUT2D eigenvalue weighted by atomic mass is 35.5. The van der Waals surface area contributed by atoms with Crippen LogP contribution < -0.4 is 5.32 Å². The second-order valence-corrected chi connectivity index (χ2v) is 4.97. The van der Waals surface area contributed by atoms with Crippen molar-refractivity contribution in [2.24, 2.45) is 0 Å². The molecule has 1 N–H and O–H groups in total. The second kappa shape index (κ2) is 5.12. The van der Waals surface area contributed by atoms with Crippen LogP contribution in [0.2, 0.25) is 10.4 Å². The Balaban J connectivity index is 2.40. The number of hydrogen-bond acceptors (Lipinski definition) is 3. The van der Waals surface area contributed by atoms with Crippen molar-refractivity contribution in [1.82, 2.24) is 9.97 Å². The van der Waals surface area contributed by atoms with Crippen molar-refractivity contribution in [2.75, 3.05) is 5.32 Å². The molecule has 0 aliphatic rings. The van der Waals surface area contributed by atoms with Crippen molar-refractivity contribution in [3.05, 3.63) is 45.3 Å². The smallest absolute Gasteiger partial charge is 0.225 e. The van der Waals surface area contributed by atoms with Crippen LogP contribution in [0.15, 0.2) is 18.2 Å². The Morgan fingerprint density at radius 2 is 1.56 bits per heavy atom. The maximum Gasteiger partial charge on any atom is 0.225 e. The Hall–Kier alpha value is -1.32. The lowest BCUT2D eigenvalue weighted by molar-refractivity contribution is 1.16. The van der Waals surface area contributed by atoms with Gasteiger partial charge in [-0.25, -0.2) is 9.97 Å². The van der Waals surface area contributed by atoms with E-state index in [1.807, 2.05) is 13.8 Å². The van der Waals surface area contributed by atoms with Crippen LogP contribution in [0.25, 0.3) is 0 Å². The van der Waals surface area contributed by atoms with E-state index in [2.05, 4.69) is 34.3 Å². The number of aromatic nitrogens is 2. The van der Waals surface area contributed by atoms with Crippen LogP contribution in [0.4, 0.5) is 11.5 Å². The van der Waals surface area contributed by atoms with E-state index >= 15 is 0 Å². The molecule has 1 heterocycles. The Morgan fingerprint density at radius 1 is 0.944 bits per heavy atom. The van der Waals surface area contributed by atoms with E-state index in [0.717, 1.165) is 16.8 Å². The Kier molecular flexibility index (Phi) is 3.73. The van der Waals surface area contributed by atoms with Gasteiger partial charge >= 0.3 is 0 Å². The van der Waals surface area contributed by atoms with Crippen LogP contribution in [0.1, 0.15) is 16.7 Å². The summed E-state index contributed by atoms with van der Waals surface area (Å²) >= 11 is 11.6. The summed E-state index contributed by atoms with van der Waals surface area (Å²) in [6.45, 7) is 6.17. The molecular formula is C13H13Cl2N3. The van der Waals surface area contributed by atoms with Gasteiger partial charge in [0.25, 0.3) is 0 Å². The molecular weight excluding hydrogens is 269 g/mol. The van der Waals surface area contributed by atoms with E-state index in [4.69, 9.17) is 23.2 Å². The fourth-order valence-corrected chi connectivity index (χ4v) is 2.37. The molecule has 1 aromatic carbocycles. The molecule has 0 bridgehead atoms. The fourth-order valence-electron chi connectivity index (χ4n) is 1.96. The molecule has 3 nitrogen and oxygen atoms in total. The van der Waals surface area contributed by atoms with Crippen molar-refractivity contribution in [2.45, 2.75) is 20.8 Å². The lowest BCUT2D eigenvalue weighted by atomic mass is 10.1. The number of nitrogens with one attached hydrogen (secondary N) is 1. The van der Waals surface area contributed by atoms with Gasteiger partial charge in [-0.15, -0.1) is 0 Å². The molecule has 0 saturated carbocycles. The molecule has 2 rings (SSSR count). The second-order valence-electron chi connectivity index (χ2n) is 4.24. The molecule has 0 aliphatic heterocycles. The summed E-state index contributed by atoms with van der Waals surface area (Å²) in [6, 6.07) is 5.87. The third kappa shape index (κ3) is 2.92. The quantitative estimate of drug-likeness (QED) is 0.653. The first kappa shape index (κ1) is 13.1. The summed E-state index contributed by atoms with van der Waals surface area (Å²) in [7, 11) is 0. The topological polar surface area (TPSA) is 37.8 Å². The zero-order valence-electron chi connectivity index (χ0n) is 10.4. The molecule has 0 atom stereocenters. The number of aryl methyl sites for hydroxylation is 3. The summed E-state index contributed by atoms with van der Waals surface area (Å²) in [5, 5.41) is 3.68. The molecule has 0 aliphatic carbocycles. The summed E-state index contributed by atoms with van der Waals surface area (Å²) in [6.07, 6.45) is 0. The van der Waals surface area contributed by atoms with Gasteiger partial charge in [0.1, 0.15) is 11.0 Å². The minimum absolute atomic E-state index is 0.132. The fraction of sp³-hybridized carbons (Fsp3) is 0.231. The first-order valence-electron chi connectivity index (χ1n) is 5.50. The number of anilines is 2. The molecule has 0 amide bonds. The van der Waals surface area contributed by atoms with Crippen molar-refractivity contribution in [1.29, 1.82) is 0 Å². The third-order valence-corrected chi connectivity index (χ3v) is 2.96. The van der Waals surface area contributed by atoms with Crippen LogP contribution in [0.3, 0.4) is 0 Å². The van der Waals surface area contributed by atoms with Crippen LogP contribution in [-0.2, 0) is 0 Å². The number of nitrogens with zero attached hydrogens (tertiary/aromatic N) is 2. The zero-order chi connectivity index (χ0) is 13.3. The van der Waals surface area contributed by atoms with Crippen molar-refractivity contribution in [3.63, 3.8) is 0 Å². The van der Waals surface area contributed by atoms with Gasteiger partial charge in [0.15, 0.2) is 0 Å². The molecule has 0 saturated heterocycles. The summed E-state index contributed by atoms with van der Waals surface area (Å²) in [5.41, 5.74) is 4.55. The normalized spacial score (nSPS) is 10.5. The minimum Gasteiger partial charge on any atom is -0.340 e. The van der Waals surface area contributed by atoms with E-state index in [1.165, 1.54) is 5.56 Å². The molecule has 0 spiro atoms. The van der Waals surface area contributed by atoms with Gasteiger partial charge in [0.2, 0.25) is 5.28 Å². The highest BCUT2D eigenvalue weighted by molar-refractivity contribution is 6.32. The maximum absolute atomic E-state index is 5.85. The first-order chi connectivity index (χ1) is 8.45. The van der Waals surface area contributed by atoms with Crippen LogP contribution >= 0.6 is 23.2 Å². The standard InChI is InChI=1S/C13H13Cl2N3/c1-7-4-8(2)12(9(3)5-7)17-11-6-10(14)16-13(15)18-11/h4-6H,1-3H3,(H,16,17,18). The highest BCUT2D eigenvalue weighted by Crippen LogP contribution is 2.26. The van der Waals surface area contributed by atoms with Gasteiger partial charge in [-0.3, -0.25) is 0 Å². The zero-order valence-corrected chi connectivity index (χ0v) is 11.9. The van der Waals surface area contributed by atoms with E-state index in [-0.39, 0.29) is 5.28 Å². The average Bonchev–Trinajstić information content (AvgIpc) is 2.22. The average molecular weight is 282 g/mol. The van der Waals surface area contributed by atoms with E-state index in [1.54, 1.807) is 6.07 Å². The first-order valence-corrected chi connectivity index (χ1v) is 6.26. The number of benzene rings is 1. The minimum atomic E-state index is 0.132. The Morgan fingerprint density at radius 3 is 2.11 bits per heavy atom. The molecule has 1 aromatic heterocycles. The van der Waals surface area contributed by atoms with E-state index in [9.17, 15) is 0 Å². The number of hydrogen-bond donors (Lipinski definition) is 1. The predicted octanol–water partition coefficient (Wildman–Crippen LogP) is 4.45. The van der Waals surface area contributed by atoms with Gasteiger partial charge in [0.05, 0.1) is 0 Å². The van der Waals surface area contributed by atoms with Crippen LogP contribution in [0, 0.1) is 20.8 Å². The summed E-state index contributed by atoms with van der Waals surface area (Å²) < 4.78 is 0. The largest absolute Gasteiger partial charge is 0.340 e. The third-order valence-electron chi connectivity index (χ3n) is 2.60. The monoisotopic (exact) mass is 281 g/mol. The van der Waals surface area contributed by atoms with E-state index < -0.39 is 0 Å². The SMILES string of the molecule is Cc1cc(C)c(Nc2cc(Cl)nc(Cl)n2)c(C)c1. The number of halogens is 2. The van der Waals surface area contributed by atoms with Gasteiger partial charge in [-0.1, -0.05) is 29.3 Å². The molecule has 18 heavy (non-hydrogen) atoms. The lowest BCUT2D eigenvalue weighted by Crippen LogP contribution is -2.00. The predicted molar refractivity (Wildman–Crippen MR) is 76.0 cm³/mol. The maximum atomic E-state index is 5.85. The Bertz CT molecular complexity index is 554. The summed E-state index contributed by atoms with van der Waals surface area (Å²) in [5.74, 6) is 0.593. The van der Waals surface area contributed by atoms with Crippen molar-refractivity contribution < 1.29 is 0 Å². The van der Waals surface area contributed by atoms with Gasteiger partial charge in [0, 0.05) is 11.8 Å². The molecule has 5 heteroatoms. The molecule has 2 aromatic rings. The molecule has 0 radical (unpaired) electrons. The highest BCUT2D eigenvalue weighted by Gasteiger charge is 2.07. The van der Waals surface area contributed by atoms with Gasteiger partial charge < -0.3 is 5.32 Å². The lowest BCUT2D eigenvalue weighted by Gasteiger charge is -2.13. The van der Waals surface area contributed by atoms with Crippen LogP contribution in [-0.4, -0.2) is 9.97 Å². The molecule has 0 fully saturated rings. The molecule has 94 valence electrons. The van der Waals surface area contributed by atoms with Crippen LogP contribution in [0.5, 0.6) is 0 Å². The van der Waals surface area contributed by atoms with Gasteiger partial charge in [-0.05, 0) is 43.5 Å². The molecule has 0 unspecified atom stereocenters.